The highest BCUT2D eigenvalue weighted by molar-refractivity contribution is 7.85. The molecule has 3 aromatic carbocycles. The molecule has 0 unspecified atom stereocenters. The molecule has 0 saturated carbocycles. The maximum Gasteiger partial charge on any atom is 0.415 e. The maximum atomic E-state index is 13.6. The Balaban J connectivity index is 1.20. The number of ether oxygens (including phenoxy) is 3. The van der Waals surface area contributed by atoms with E-state index in [0.29, 0.717) is 75.0 Å². The predicted molar refractivity (Wildman–Crippen MR) is 175 cm³/mol. The number of carbonyl (C=O) groups excluding carboxylic acids is 2. The van der Waals surface area contributed by atoms with Gasteiger partial charge in [-0.25, -0.2) is 9.18 Å². The molecule has 0 bridgehead atoms. The van der Waals surface area contributed by atoms with Crippen LogP contribution in [0.1, 0.15) is 49.0 Å². The minimum absolute atomic E-state index is 0.0915. The summed E-state index contributed by atoms with van der Waals surface area (Å²) in [4.78, 5) is 29.3. The van der Waals surface area contributed by atoms with E-state index in [0.717, 1.165) is 16.7 Å². The average Bonchev–Trinajstić information content (AvgIpc) is 3.36. The molecule has 3 aromatic rings. The molecule has 5 rings (SSSR count). The molecule has 2 amide bonds. The minimum atomic E-state index is -4.08. The fourth-order valence-corrected chi connectivity index (χ4v) is 6.49. The number of nitrogens with one attached hydrogen (secondary N) is 1. The van der Waals surface area contributed by atoms with Crippen molar-refractivity contribution in [2.45, 2.75) is 45.3 Å². The number of nitrogens with zero attached hydrogens (tertiary/aromatic N) is 2. The Morgan fingerprint density at radius 3 is 2.19 bits per heavy atom. The van der Waals surface area contributed by atoms with Gasteiger partial charge in [-0.1, -0.05) is 12.1 Å². The molecule has 11 nitrogen and oxygen atoms in total. The van der Waals surface area contributed by atoms with Gasteiger partial charge in [0, 0.05) is 50.3 Å². The summed E-state index contributed by atoms with van der Waals surface area (Å²) in [6.07, 6.45) is 0.974. The first-order valence-corrected chi connectivity index (χ1v) is 17.3. The summed E-state index contributed by atoms with van der Waals surface area (Å²) in [5.74, 6) is 0.224. The molecule has 2 saturated heterocycles. The highest BCUT2D eigenvalue weighted by atomic mass is 32.2. The zero-order valence-corrected chi connectivity index (χ0v) is 27.4. The monoisotopic (exact) mass is 669 g/mol. The van der Waals surface area contributed by atoms with Crippen LogP contribution in [0.15, 0.2) is 60.7 Å². The van der Waals surface area contributed by atoms with E-state index in [4.69, 9.17) is 18.8 Å². The Hall–Kier alpha value is -4.20. The first-order valence-electron chi connectivity index (χ1n) is 15.7. The Morgan fingerprint density at radius 2 is 1.62 bits per heavy atom. The zero-order chi connectivity index (χ0) is 33.6. The number of amides is 2. The van der Waals surface area contributed by atoms with Gasteiger partial charge in [-0.15, -0.1) is 0 Å². The molecule has 0 radical (unpaired) electrons. The van der Waals surface area contributed by atoms with Crippen molar-refractivity contribution in [2.24, 2.45) is 0 Å². The van der Waals surface area contributed by atoms with E-state index in [1.807, 2.05) is 26.0 Å². The van der Waals surface area contributed by atoms with E-state index >= 15 is 0 Å². The summed E-state index contributed by atoms with van der Waals surface area (Å²) in [6, 6.07) is 16.9. The van der Waals surface area contributed by atoms with Gasteiger partial charge in [0.15, 0.2) is 0 Å². The molecule has 13 heteroatoms. The SMILES string of the molecule is CCOc1cc(CN2CCC3(CC2)CN(c2ccc(C(=O)NCCCS(=O)(=O)O)cc2)C(=O)O3)cc(OCC)c1-c1ccc(F)cc1. The molecule has 252 valence electrons. The van der Waals surface area contributed by atoms with Gasteiger partial charge >= 0.3 is 6.09 Å². The number of carbonyl (C=O) groups is 2. The quantitative estimate of drug-likeness (QED) is 0.184. The van der Waals surface area contributed by atoms with Gasteiger partial charge in [-0.2, -0.15) is 8.42 Å². The minimum Gasteiger partial charge on any atom is -0.493 e. The van der Waals surface area contributed by atoms with Gasteiger partial charge < -0.3 is 19.5 Å². The molecule has 2 N–H and O–H groups in total. The van der Waals surface area contributed by atoms with Crippen LogP contribution in [0.25, 0.3) is 11.1 Å². The topological polar surface area (TPSA) is 135 Å². The Labute approximate surface area is 274 Å². The standard InChI is InChI=1S/C34H40FN3O8S/c1-3-44-29-20-24(21-30(45-4-2)31(29)25-6-10-27(35)11-7-25)22-37-17-14-34(15-18-37)23-38(33(40)46-34)28-12-8-26(9-13-28)32(39)36-16-5-19-47(41,42)43/h6-13,20-21H,3-5,14-19,22-23H2,1-2H3,(H,36,39)(H,41,42,43). The maximum absolute atomic E-state index is 13.6. The molecule has 47 heavy (non-hydrogen) atoms. The summed E-state index contributed by atoms with van der Waals surface area (Å²) in [5, 5.41) is 2.62. The number of benzene rings is 3. The van der Waals surface area contributed by atoms with Crippen LogP contribution in [0.3, 0.4) is 0 Å². The van der Waals surface area contributed by atoms with Crippen molar-refractivity contribution in [3.8, 4) is 22.6 Å². The second-order valence-corrected chi connectivity index (χ2v) is 13.3. The highest BCUT2D eigenvalue weighted by Crippen LogP contribution is 2.41. The van der Waals surface area contributed by atoms with Gasteiger partial charge in [0.25, 0.3) is 16.0 Å². The summed E-state index contributed by atoms with van der Waals surface area (Å²) in [7, 11) is -4.08. The number of hydrogen-bond acceptors (Lipinski definition) is 8. The lowest BCUT2D eigenvalue weighted by molar-refractivity contribution is -0.00101. The number of piperidine rings is 1. The first kappa shape index (κ1) is 34.1. The van der Waals surface area contributed by atoms with Crippen molar-refractivity contribution in [3.05, 3.63) is 77.6 Å². The van der Waals surface area contributed by atoms with Crippen molar-refractivity contribution in [3.63, 3.8) is 0 Å². The third-order valence-electron chi connectivity index (χ3n) is 8.31. The fraction of sp³-hybridized carbons (Fsp3) is 0.412. The second kappa shape index (κ2) is 14.7. The van der Waals surface area contributed by atoms with Crippen molar-refractivity contribution >= 4 is 27.8 Å². The van der Waals surface area contributed by atoms with E-state index in [-0.39, 0.29) is 24.7 Å². The van der Waals surface area contributed by atoms with Crippen LogP contribution in [0.2, 0.25) is 0 Å². The lowest BCUT2D eigenvalue weighted by Crippen LogP contribution is -2.46. The van der Waals surface area contributed by atoms with Crippen molar-refractivity contribution in [1.82, 2.24) is 10.2 Å². The van der Waals surface area contributed by atoms with Crippen LogP contribution in [0.5, 0.6) is 11.5 Å². The summed E-state index contributed by atoms with van der Waals surface area (Å²) < 4.78 is 62.1. The first-order chi connectivity index (χ1) is 22.5. The average molecular weight is 670 g/mol. The molecule has 2 aliphatic rings. The lowest BCUT2D eigenvalue weighted by Gasteiger charge is -2.37. The van der Waals surface area contributed by atoms with E-state index in [2.05, 4.69) is 10.2 Å². The third kappa shape index (κ3) is 8.59. The van der Waals surface area contributed by atoms with Gasteiger partial charge in [-0.05, 0) is 79.9 Å². The molecular weight excluding hydrogens is 629 g/mol. The molecule has 2 heterocycles. The Kier molecular flexibility index (Phi) is 10.7. The summed E-state index contributed by atoms with van der Waals surface area (Å²) in [6.45, 7) is 7.34. The number of hydrogen-bond donors (Lipinski definition) is 2. The predicted octanol–water partition coefficient (Wildman–Crippen LogP) is 5.29. The van der Waals surface area contributed by atoms with Crippen molar-refractivity contribution < 1.29 is 41.2 Å². The largest absolute Gasteiger partial charge is 0.493 e. The van der Waals surface area contributed by atoms with Gasteiger partial charge in [0.1, 0.15) is 22.9 Å². The van der Waals surface area contributed by atoms with Crippen LogP contribution in [-0.4, -0.2) is 80.6 Å². The van der Waals surface area contributed by atoms with E-state index in [1.165, 1.54) is 12.1 Å². The summed E-state index contributed by atoms with van der Waals surface area (Å²) in [5.41, 5.74) is 2.98. The second-order valence-electron chi connectivity index (χ2n) is 11.7. The highest BCUT2D eigenvalue weighted by Gasteiger charge is 2.47. The van der Waals surface area contributed by atoms with Gasteiger partial charge in [0.2, 0.25) is 0 Å². The molecule has 2 aliphatic heterocycles. The van der Waals surface area contributed by atoms with Crippen LogP contribution < -0.4 is 19.7 Å². The molecule has 1 spiro atoms. The number of anilines is 1. The third-order valence-corrected chi connectivity index (χ3v) is 9.11. The van der Waals surface area contributed by atoms with Crippen LogP contribution >= 0.6 is 0 Å². The van der Waals surface area contributed by atoms with Crippen LogP contribution in [-0.2, 0) is 21.4 Å². The van der Waals surface area contributed by atoms with E-state index in [9.17, 15) is 22.4 Å². The Morgan fingerprint density at radius 1 is 1.00 bits per heavy atom. The van der Waals surface area contributed by atoms with E-state index < -0.39 is 27.6 Å². The molecule has 2 fully saturated rings. The normalized spacial score (nSPS) is 16.3. The van der Waals surface area contributed by atoms with Gasteiger partial charge in [-0.3, -0.25) is 19.1 Å². The van der Waals surface area contributed by atoms with Crippen molar-refractivity contribution in [2.75, 3.05) is 50.0 Å². The number of halogens is 1. The Bertz CT molecular complexity index is 1650. The summed E-state index contributed by atoms with van der Waals surface area (Å²) >= 11 is 0. The molecule has 0 aromatic heterocycles. The molecule has 0 atom stereocenters. The van der Waals surface area contributed by atoms with Gasteiger partial charge in [0.05, 0.1) is 31.1 Å². The van der Waals surface area contributed by atoms with Crippen molar-refractivity contribution in [1.29, 1.82) is 0 Å². The smallest absolute Gasteiger partial charge is 0.415 e. The fourth-order valence-electron chi connectivity index (χ4n) is 5.99. The zero-order valence-electron chi connectivity index (χ0n) is 26.5. The number of likely N-dealkylation sites (tertiary alicyclic amines) is 1. The number of rotatable bonds is 13. The molecule has 0 aliphatic carbocycles. The van der Waals surface area contributed by atoms with E-state index in [1.54, 1.807) is 41.3 Å². The lowest BCUT2D eigenvalue weighted by atomic mass is 9.91. The van der Waals surface area contributed by atoms with Crippen LogP contribution in [0.4, 0.5) is 14.9 Å². The van der Waals surface area contributed by atoms with Crippen LogP contribution in [0, 0.1) is 5.82 Å². The molecular formula is C34H40FN3O8S.